The number of nitrogens with one attached hydrogen (secondary N) is 1. The summed E-state index contributed by atoms with van der Waals surface area (Å²) in [5.41, 5.74) is 1.18. The van der Waals surface area contributed by atoms with Crippen molar-refractivity contribution >= 4 is 11.8 Å². The Bertz CT molecular complexity index is 584. The maximum Gasteiger partial charge on any atom is 0.133 e. The van der Waals surface area contributed by atoms with Crippen molar-refractivity contribution in [3.63, 3.8) is 0 Å². The Morgan fingerprint density at radius 1 is 1.50 bits per heavy atom. The van der Waals surface area contributed by atoms with Gasteiger partial charge in [-0.2, -0.15) is 5.10 Å². The molecule has 0 amide bonds. The number of benzene rings is 1. The third-order valence-corrected chi connectivity index (χ3v) is 4.69. The first-order chi connectivity index (χ1) is 9.81. The monoisotopic (exact) mass is 289 g/mol. The number of ether oxygens (including phenoxy) is 1. The molecule has 20 heavy (non-hydrogen) atoms. The molecule has 2 aromatic rings. The Morgan fingerprint density at radius 3 is 3.10 bits per heavy atom. The second-order valence-corrected chi connectivity index (χ2v) is 5.87. The smallest absolute Gasteiger partial charge is 0.133 e. The van der Waals surface area contributed by atoms with Gasteiger partial charge in [0.05, 0.1) is 12.2 Å². The highest BCUT2D eigenvalue weighted by Crippen LogP contribution is 2.38. The zero-order valence-electron chi connectivity index (χ0n) is 11.7. The number of para-hydroxylation sites is 1. The van der Waals surface area contributed by atoms with Gasteiger partial charge in [-0.3, -0.25) is 4.68 Å². The van der Waals surface area contributed by atoms with E-state index in [9.17, 15) is 0 Å². The van der Waals surface area contributed by atoms with Gasteiger partial charge >= 0.3 is 0 Å². The SMILES string of the molecule is CCn1cc(C(NC)C2CSc3ccccc3O2)cn1. The summed E-state index contributed by atoms with van der Waals surface area (Å²) in [6.45, 7) is 2.98. The van der Waals surface area contributed by atoms with Crippen molar-refractivity contribution in [2.45, 2.75) is 30.5 Å². The van der Waals surface area contributed by atoms with Crippen LogP contribution in [0.25, 0.3) is 0 Å². The van der Waals surface area contributed by atoms with Crippen LogP contribution >= 0.6 is 11.8 Å². The lowest BCUT2D eigenvalue weighted by atomic mass is 10.1. The first-order valence-corrected chi connectivity index (χ1v) is 7.88. The topological polar surface area (TPSA) is 39.1 Å². The number of aryl methyl sites for hydroxylation is 1. The van der Waals surface area contributed by atoms with Crippen molar-refractivity contribution in [2.24, 2.45) is 0 Å². The highest BCUT2D eigenvalue weighted by atomic mass is 32.2. The van der Waals surface area contributed by atoms with Gasteiger partial charge < -0.3 is 10.1 Å². The summed E-state index contributed by atoms with van der Waals surface area (Å²) in [7, 11) is 1.97. The second kappa shape index (κ2) is 5.89. The fourth-order valence-corrected chi connectivity index (χ4v) is 3.52. The van der Waals surface area contributed by atoms with Crippen LogP contribution in [0.3, 0.4) is 0 Å². The van der Waals surface area contributed by atoms with E-state index in [2.05, 4.69) is 35.7 Å². The lowest BCUT2D eigenvalue weighted by Crippen LogP contribution is -2.37. The summed E-state index contributed by atoms with van der Waals surface area (Å²) in [6, 6.07) is 8.38. The van der Waals surface area contributed by atoms with Crippen LogP contribution < -0.4 is 10.1 Å². The van der Waals surface area contributed by atoms with Crippen LogP contribution in [0.2, 0.25) is 0 Å². The van der Waals surface area contributed by atoms with Crippen molar-refractivity contribution < 1.29 is 4.74 Å². The predicted molar refractivity (Wildman–Crippen MR) is 81.3 cm³/mol. The molecule has 1 aliphatic heterocycles. The molecule has 0 saturated heterocycles. The maximum atomic E-state index is 6.16. The molecule has 1 N–H and O–H groups in total. The van der Waals surface area contributed by atoms with Crippen molar-refractivity contribution in [3.05, 3.63) is 42.2 Å². The summed E-state index contributed by atoms with van der Waals surface area (Å²) in [5, 5.41) is 7.72. The molecule has 0 fully saturated rings. The number of hydrogen-bond acceptors (Lipinski definition) is 4. The van der Waals surface area contributed by atoms with E-state index in [1.54, 1.807) is 0 Å². The molecule has 106 valence electrons. The van der Waals surface area contributed by atoms with Gasteiger partial charge in [-0.25, -0.2) is 0 Å². The van der Waals surface area contributed by atoms with E-state index in [0.717, 1.165) is 18.0 Å². The highest BCUT2D eigenvalue weighted by Gasteiger charge is 2.29. The molecule has 1 aliphatic rings. The van der Waals surface area contributed by atoms with Gasteiger partial charge in [0.25, 0.3) is 0 Å². The molecule has 1 aromatic carbocycles. The van der Waals surface area contributed by atoms with Gasteiger partial charge in [-0.05, 0) is 26.1 Å². The van der Waals surface area contributed by atoms with Crippen molar-refractivity contribution in [3.8, 4) is 5.75 Å². The van der Waals surface area contributed by atoms with Crippen LogP contribution in [0.5, 0.6) is 5.75 Å². The number of rotatable bonds is 4. The molecule has 0 aliphatic carbocycles. The van der Waals surface area contributed by atoms with E-state index >= 15 is 0 Å². The van der Waals surface area contributed by atoms with E-state index in [0.29, 0.717) is 0 Å². The number of likely N-dealkylation sites (N-methyl/N-ethyl adjacent to an activating group) is 1. The molecule has 2 atom stereocenters. The summed E-state index contributed by atoms with van der Waals surface area (Å²) in [6.07, 6.45) is 4.14. The van der Waals surface area contributed by atoms with Crippen LogP contribution in [-0.2, 0) is 6.54 Å². The first-order valence-electron chi connectivity index (χ1n) is 6.90. The Labute approximate surface area is 123 Å². The van der Waals surface area contributed by atoms with Crippen LogP contribution in [0.4, 0.5) is 0 Å². The second-order valence-electron chi connectivity index (χ2n) is 4.81. The molecule has 5 heteroatoms. The minimum Gasteiger partial charge on any atom is -0.486 e. The number of hydrogen-bond donors (Lipinski definition) is 1. The van der Waals surface area contributed by atoms with Gasteiger partial charge in [-0.15, -0.1) is 11.8 Å². The van der Waals surface area contributed by atoms with E-state index in [1.165, 1.54) is 10.5 Å². The minimum atomic E-state index is 0.120. The quantitative estimate of drug-likeness (QED) is 0.939. The van der Waals surface area contributed by atoms with Crippen LogP contribution in [0.1, 0.15) is 18.5 Å². The van der Waals surface area contributed by atoms with Crippen molar-refractivity contribution in [1.82, 2.24) is 15.1 Å². The molecular formula is C15H19N3OS. The van der Waals surface area contributed by atoms with E-state index in [4.69, 9.17) is 4.74 Å². The molecule has 2 unspecified atom stereocenters. The third-order valence-electron chi connectivity index (χ3n) is 3.55. The normalized spacial score (nSPS) is 19.2. The number of nitrogens with zero attached hydrogens (tertiary/aromatic N) is 2. The largest absolute Gasteiger partial charge is 0.486 e. The zero-order chi connectivity index (χ0) is 13.9. The zero-order valence-corrected chi connectivity index (χ0v) is 12.6. The fourth-order valence-electron chi connectivity index (χ4n) is 2.48. The van der Waals surface area contributed by atoms with Gasteiger partial charge in [0.1, 0.15) is 11.9 Å². The van der Waals surface area contributed by atoms with E-state index in [1.807, 2.05) is 41.8 Å². The molecular weight excluding hydrogens is 270 g/mol. The molecule has 0 saturated carbocycles. The molecule has 3 rings (SSSR count). The lowest BCUT2D eigenvalue weighted by Gasteiger charge is -2.31. The number of thioether (sulfide) groups is 1. The van der Waals surface area contributed by atoms with Gasteiger partial charge in [-0.1, -0.05) is 12.1 Å². The maximum absolute atomic E-state index is 6.16. The number of aromatic nitrogens is 2. The minimum absolute atomic E-state index is 0.120. The summed E-state index contributed by atoms with van der Waals surface area (Å²) in [5.74, 6) is 1.93. The highest BCUT2D eigenvalue weighted by molar-refractivity contribution is 7.99. The molecule has 4 nitrogen and oxygen atoms in total. The molecule has 0 bridgehead atoms. The van der Waals surface area contributed by atoms with Crippen molar-refractivity contribution in [1.29, 1.82) is 0 Å². The van der Waals surface area contributed by atoms with E-state index in [-0.39, 0.29) is 12.1 Å². The van der Waals surface area contributed by atoms with Crippen molar-refractivity contribution in [2.75, 3.05) is 12.8 Å². The Morgan fingerprint density at radius 2 is 2.35 bits per heavy atom. The Hall–Kier alpha value is -1.46. The van der Waals surface area contributed by atoms with Crippen LogP contribution in [-0.4, -0.2) is 28.7 Å². The van der Waals surface area contributed by atoms with E-state index < -0.39 is 0 Å². The molecule has 1 aromatic heterocycles. The van der Waals surface area contributed by atoms with Gasteiger partial charge in [0.2, 0.25) is 0 Å². The standard InChI is InChI=1S/C15H19N3OS/c1-3-18-9-11(8-17-18)15(16-2)13-10-20-14-7-5-4-6-12(14)19-13/h4-9,13,15-16H,3,10H2,1-2H3. The average molecular weight is 289 g/mol. The average Bonchev–Trinajstić information content (AvgIpc) is 2.97. The van der Waals surface area contributed by atoms with Crippen LogP contribution in [0, 0.1) is 0 Å². The summed E-state index contributed by atoms with van der Waals surface area (Å²) in [4.78, 5) is 1.22. The molecule has 0 radical (unpaired) electrons. The first kappa shape index (κ1) is 13.5. The van der Waals surface area contributed by atoms with Gasteiger partial charge in [0.15, 0.2) is 0 Å². The molecule has 2 heterocycles. The van der Waals surface area contributed by atoms with Gasteiger partial charge in [0, 0.05) is 29.0 Å². The summed E-state index contributed by atoms with van der Waals surface area (Å²) >= 11 is 1.86. The predicted octanol–water partition coefficient (Wildman–Crippen LogP) is 2.72. The van der Waals surface area contributed by atoms with Crippen LogP contribution in [0.15, 0.2) is 41.6 Å². The summed E-state index contributed by atoms with van der Waals surface area (Å²) < 4.78 is 8.11. The lowest BCUT2D eigenvalue weighted by molar-refractivity contribution is 0.171. The fraction of sp³-hybridized carbons (Fsp3) is 0.400. The third kappa shape index (κ3) is 2.55. The molecule has 0 spiro atoms. The Balaban J connectivity index is 1.81. The Kier molecular flexibility index (Phi) is 3.98. The number of fused-ring (bicyclic) bond motifs is 1.